The Hall–Kier alpha value is -0.940. The fourth-order valence-corrected chi connectivity index (χ4v) is 3.82. The Morgan fingerprint density at radius 1 is 0.710 bits per heavy atom. The van der Waals surface area contributed by atoms with Crippen LogP contribution in [0.2, 0.25) is 0 Å². The molecule has 2 atom stereocenters. The van der Waals surface area contributed by atoms with Crippen LogP contribution in [0.1, 0.15) is 136 Å². The Bertz CT molecular complexity index is 445. The zero-order valence-corrected chi connectivity index (χ0v) is 20.6. The zero-order valence-electron chi connectivity index (χ0n) is 20.6. The maximum absolute atomic E-state index is 11.8. The van der Waals surface area contributed by atoms with E-state index in [1.807, 2.05) is 0 Å². The molecule has 0 amide bonds. The van der Waals surface area contributed by atoms with Gasteiger partial charge in [0.25, 0.3) is 0 Å². The summed E-state index contributed by atoms with van der Waals surface area (Å²) < 4.78 is 4.99. The maximum atomic E-state index is 11.8. The second-order valence-electron chi connectivity index (χ2n) is 9.26. The van der Waals surface area contributed by atoms with Crippen molar-refractivity contribution in [1.29, 1.82) is 0 Å². The van der Waals surface area contributed by atoms with Crippen molar-refractivity contribution in [2.24, 2.45) is 0 Å². The van der Waals surface area contributed by atoms with Gasteiger partial charge in [-0.2, -0.15) is 0 Å². The van der Waals surface area contributed by atoms with E-state index in [2.05, 4.69) is 6.92 Å². The number of Topliss-reactive ketones (excluding diaryl/α,β-unsaturated/α-hetero) is 1. The number of rotatable bonds is 22. The third-order valence-electron chi connectivity index (χ3n) is 5.99. The lowest BCUT2D eigenvalue weighted by Crippen LogP contribution is -2.49. The lowest BCUT2D eigenvalue weighted by atomic mass is 9.97. The van der Waals surface area contributed by atoms with Gasteiger partial charge in [-0.15, -0.1) is 0 Å². The number of aliphatic hydroxyl groups excluding tert-OH is 1. The van der Waals surface area contributed by atoms with Crippen molar-refractivity contribution in [2.75, 3.05) is 6.61 Å². The lowest BCUT2D eigenvalue weighted by molar-refractivity contribution is -0.171. The van der Waals surface area contributed by atoms with E-state index < -0.39 is 23.5 Å². The van der Waals surface area contributed by atoms with Gasteiger partial charge >= 0.3 is 5.97 Å². The average molecular weight is 443 g/mol. The van der Waals surface area contributed by atoms with Gasteiger partial charge in [-0.3, -0.25) is 4.79 Å². The molecule has 0 aliphatic rings. The van der Waals surface area contributed by atoms with Crippen molar-refractivity contribution in [2.45, 2.75) is 148 Å². The van der Waals surface area contributed by atoms with Crippen LogP contribution >= 0.6 is 0 Å². The van der Waals surface area contributed by atoms with Crippen LogP contribution in [0.25, 0.3) is 0 Å². The normalized spacial score (nSPS) is 14.2. The molecular weight excluding hydrogens is 392 g/mol. The van der Waals surface area contributed by atoms with Crippen LogP contribution in [-0.2, 0) is 14.3 Å². The molecule has 0 aromatic carbocycles. The van der Waals surface area contributed by atoms with Crippen LogP contribution in [0.5, 0.6) is 0 Å². The van der Waals surface area contributed by atoms with Crippen molar-refractivity contribution >= 4 is 11.8 Å². The molecule has 2 N–H and O–H groups in total. The molecule has 31 heavy (non-hydrogen) atoms. The van der Waals surface area contributed by atoms with Crippen molar-refractivity contribution in [1.82, 2.24) is 0 Å². The highest BCUT2D eigenvalue weighted by Crippen LogP contribution is 2.15. The molecule has 0 radical (unpaired) electrons. The second kappa shape index (κ2) is 19.7. The third kappa shape index (κ3) is 16.4. The van der Waals surface area contributed by atoms with E-state index in [0.29, 0.717) is 0 Å². The van der Waals surface area contributed by atoms with Gasteiger partial charge in [0.1, 0.15) is 6.10 Å². The van der Waals surface area contributed by atoms with E-state index in [4.69, 9.17) is 4.74 Å². The summed E-state index contributed by atoms with van der Waals surface area (Å²) >= 11 is 0. The molecule has 5 nitrogen and oxygen atoms in total. The first-order valence-corrected chi connectivity index (χ1v) is 13.0. The molecule has 0 aromatic heterocycles. The van der Waals surface area contributed by atoms with Crippen LogP contribution in [0, 0.1) is 0 Å². The standard InChI is InChI=1S/C26H50O5/c1-4-5-6-7-8-9-10-11-12-13-14-15-16-17-18-19-20-21-22-31-25(29)26(3,30)24(28)23(2)27/h23,27,30H,4-22H2,1-3H3. The summed E-state index contributed by atoms with van der Waals surface area (Å²) in [6.45, 7) is 4.76. The summed E-state index contributed by atoms with van der Waals surface area (Å²) in [7, 11) is 0. The molecule has 0 rings (SSSR count). The van der Waals surface area contributed by atoms with Gasteiger partial charge in [0.2, 0.25) is 11.4 Å². The summed E-state index contributed by atoms with van der Waals surface area (Å²) in [4.78, 5) is 23.4. The highest BCUT2D eigenvalue weighted by atomic mass is 16.6. The van der Waals surface area contributed by atoms with Gasteiger partial charge in [-0.25, -0.2) is 4.79 Å². The van der Waals surface area contributed by atoms with Gasteiger partial charge in [0, 0.05) is 0 Å². The lowest BCUT2D eigenvalue weighted by Gasteiger charge is -2.21. The van der Waals surface area contributed by atoms with Gasteiger partial charge < -0.3 is 14.9 Å². The largest absolute Gasteiger partial charge is 0.463 e. The smallest absolute Gasteiger partial charge is 0.345 e. The van der Waals surface area contributed by atoms with E-state index in [9.17, 15) is 19.8 Å². The summed E-state index contributed by atoms with van der Waals surface area (Å²) in [6.07, 6.45) is 21.9. The Morgan fingerprint density at radius 2 is 1.03 bits per heavy atom. The minimum absolute atomic E-state index is 0.195. The summed E-state index contributed by atoms with van der Waals surface area (Å²) in [5, 5.41) is 19.1. The summed E-state index contributed by atoms with van der Waals surface area (Å²) in [5.41, 5.74) is -2.28. The molecular formula is C26H50O5. The Kier molecular flexibility index (Phi) is 19.1. The molecule has 0 saturated carbocycles. The number of ketones is 1. The first-order valence-electron chi connectivity index (χ1n) is 13.0. The van der Waals surface area contributed by atoms with Crippen LogP contribution in [0.4, 0.5) is 0 Å². The zero-order chi connectivity index (χ0) is 23.4. The molecule has 0 saturated heterocycles. The van der Waals surface area contributed by atoms with E-state index in [1.165, 1.54) is 103 Å². The fraction of sp³-hybridized carbons (Fsp3) is 0.923. The van der Waals surface area contributed by atoms with E-state index in [0.717, 1.165) is 26.2 Å². The Balaban J connectivity index is 3.35. The van der Waals surface area contributed by atoms with Crippen LogP contribution in [-0.4, -0.2) is 40.3 Å². The first-order chi connectivity index (χ1) is 14.8. The maximum Gasteiger partial charge on any atom is 0.345 e. The summed E-state index contributed by atoms with van der Waals surface area (Å²) in [6, 6.07) is 0. The van der Waals surface area contributed by atoms with Crippen LogP contribution < -0.4 is 0 Å². The number of esters is 1. The molecule has 0 aliphatic carbocycles. The molecule has 0 aromatic rings. The number of unbranched alkanes of at least 4 members (excludes halogenated alkanes) is 17. The number of carbonyl (C=O) groups is 2. The SMILES string of the molecule is CCCCCCCCCCCCCCCCCCCCOC(=O)C(C)(O)C(=O)C(C)O. The van der Waals surface area contributed by atoms with Crippen molar-refractivity contribution in [3.05, 3.63) is 0 Å². The second-order valence-corrected chi connectivity index (χ2v) is 9.26. The molecule has 0 fully saturated rings. The van der Waals surface area contributed by atoms with Crippen LogP contribution in [0.15, 0.2) is 0 Å². The van der Waals surface area contributed by atoms with E-state index in [-0.39, 0.29) is 6.61 Å². The molecule has 2 unspecified atom stereocenters. The van der Waals surface area contributed by atoms with Crippen molar-refractivity contribution in [3.63, 3.8) is 0 Å². The quantitative estimate of drug-likeness (QED) is 0.117. The van der Waals surface area contributed by atoms with Gasteiger partial charge in [-0.05, 0) is 20.3 Å². The number of hydrogen-bond acceptors (Lipinski definition) is 5. The van der Waals surface area contributed by atoms with Gasteiger partial charge in [-0.1, -0.05) is 116 Å². The Morgan fingerprint density at radius 3 is 1.35 bits per heavy atom. The van der Waals surface area contributed by atoms with Gasteiger partial charge in [0.05, 0.1) is 6.61 Å². The molecule has 0 spiro atoms. The minimum atomic E-state index is -2.28. The van der Waals surface area contributed by atoms with E-state index >= 15 is 0 Å². The number of carbonyl (C=O) groups excluding carboxylic acids is 2. The number of ether oxygens (including phenoxy) is 1. The fourth-order valence-electron chi connectivity index (χ4n) is 3.82. The third-order valence-corrected chi connectivity index (χ3v) is 5.99. The highest BCUT2D eigenvalue weighted by Gasteiger charge is 2.42. The van der Waals surface area contributed by atoms with Crippen LogP contribution in [0.3, 0.4) is 0 Å². The molecule has 0 aliphatic heterocycles. The molecule has 184 valence electrons. The predicted octanol–water partition coefficient (Wildman–Crippen LogP) is 6.27. The van der Waals surface area contributed by atoms with E-state index in [1.54, 1.807) is 0 Å². The van der Waals surface area contributed by atoms with Crippen molar-refractivity contribution < 1.29 is 24.5 Å². The minimum Gasteiger partial charge on any atom is -0.463 e. The molecule has 0 heterocycles. The summed E-state index contributed by atoms with van der Waals surface area (Å²) in [5.74, 6) is -1.92. The topological polar surface area (TPSA) is 83.8 Å². The Labute approximate surface area is 191 Å². The highest BCUT2D eigenvalue weighted by molar-refractivity contribution is 6.08. The van der Waals surface area contributed by atoms with Crippen molar-refractivity contribution in [3.8, 4) is 0 Å². The predicted molar refractivity (Wildman–Crippen MR) is 127 cm³/mol. The monoisotopic (exact) mass is 442 g/mol. The average Bonchev–Trinajstić information content (AvgIpc) is 2.74. The first kappa shape index (κ1) is 30.1. The number of aliphatic hydroxyl groups is 2. The molecule has 5 heteroatoms. The molecule has 0 bridgehead atoms. The number of hydrogen-bond donors (Lipinski definition) is 2. The van der Waals surface area contributed by atoms with Gasteiger partial charge in [0.15, 0.2) is 0 Å².